The second kappa shape index (κ2) is 5.87. The molecule has 0 bridgehead atoms. The minimum absolute atomic E-state index is 0.0963. The number of hydrogen-bond acceptors (Lipinski definition) is 3. The summed E-state index contributed by atoms with van der Waals surface area (Å²) in [6, 6.07) is 1.70. The molecule has 0 aliphatic heterocycles. The van der Waals surface area contributed by atoms with Gasteiger partial charge in [-0.2, -0.15) is 0 Å². The number of hydrogen-bond donors (Lipinski definition) is 1. The molecule has 5 heteroatoms. The lowest BCUT2D eigenvalue weighted by molar-refractivity contribution is 0.0700. The highest BCUT2D eigenvalue weighted by Crippen LogP contribution is 2.20. The van der Waals surface area contributed by atoms with Gasteiger partial charge in [-0.15, -0.1) is 0 Å². The van der Waals surface area contributed by atoms with Gasteiger partial charge in [-0.05, 0) is 26.3 Å². The highest BCUT2D eigenvalue weighted by Gasteiger charge is 2.21. The zero-order valence-corrected chi connectivity index (χ0v) is 11.2. The van der Waals surface area contributed by atoms with Gasteiger partial charge in [-0.3, -0.25) is 4.79 Å². The molecular weight excluding hydrogens is 238 g/mol. The number of nitrogens with two attached hydrogens (primary N) is 1. The van der Waals surface area contributed by atoms with Gasteiger partial charge in [0.05, 0.1) is 10.6 Å². The van der Waals surface area contributed by atoms with E-state index in [0.29, 0.717) is 22.9 Å². The average molecular weight is 256 g/mol. The van der Waals surface area contributed by atoms with Crippen LogP contribution in [-0.2, 0) is 0 Å². The van der Waals surface area contributed by atoms with Crippen molar-refractivity contribution in [3.8, 4) is 0 Å². The smallest absolute Gasteiger partial charge is 0.255 e. The molecule has 1 unspecified atom stereocenters. The third-order valence-electron chi connectivity index (χ3n) is 2.83. The number of aromatic nitrogens is 1. The summed E-state index contributed by atoms with van der Waals surface area (Å²) in [7, 11) is 0. The Morgan fingerprint density at radius 2 is 2.24 bits per heavy atom. The van der Waals surface area contributed by atoms with Crippen LogP contribution in [0.15, 0.2) is 12.3 Å². The maximum Gasteiger partial charge on any atom is 0.255 e. The van der Waals surface area contributed by atoms with Gasteiger partial charge in [-0.1, -0.05) is 18.5 Å². The summed E-state index contributed by atoms with van der Waals surface area (Å²) in [6.45, 7) is 6.65. The Balaban J connectivity index is 3.05. The highest BCUT2D eigenvalue weighted by atomic mass is 35.5. The fourth-order valence-electron chi connectivity index (χ4n) is 1.65. The van der Waals surface area contributed by atoms with E-state index in [0.717, 1.165) is 6.42 Å². The molecule has 0 fully saturated rings. The molecule has 0 saturated carbocycles. The SMILES string of the molecule is CCC(C)N(CC)C(=O)c1cc(N)ncc1Cl. The van der Waals surface area contributed by atoms with E-state index in [1.165, 1.54) is 12.3 Å². The first-order valence-corrected chi connectivity index (χ1v) is 6.11. The van der Waals surface area contributed by atoms with Crippen molar-refractivity contribution in [1.29, 1.82) is 0 Å². The summed E-state index contributed by atoms with van der Waals surface area (Å²) in [5, 5.41) is 0.339. The molecule has 0 saturated heterocycles. The van der Waals surface area contributed by atoms with Gasteiger partial charge in [0.25, 0.3) is 5.91 Å². The lowest BCUT2D eigenvalue weighted by Crippen LogP contribution is -2.38. The predicted octanol–water partition coefficient (Wildman–Crippen LogP) is 2.58. The number of carbonyl (C=O) groups is 1. The Morgan fingerprint density at radius 1 is 1.59 bits per heavy atom. The van der Waals surface area contributed by atoms with Crippen LogP contribution in [0.1, 0.15) is 37.6 Å². The molecule has 1 heterocycles. The van der Waals surface area contributed by atoms with Crippen molar-refractivity contribution in [3.05, 3.63) is 22.8 Å². The summed E-state index contributed by atoms with van der Waals surface area (Å²) >= 11 is 5.97. The maximum atomic E-state index is 12.3. The molecule has 1 aromatic rings. The molecule has 0 aromatic carbocycles. The van der Waals surface area contributed by atoms with Gasteiger partial charge in [0.2, 0.25) is 0 Å². The van der Waals surface area contributed by atoms with E-state index >= 15 is 0 Å². The number of carbonyl (C=O) groups excluding carboxylic acids is 1. The number of rotatable bonds is 4. The van der Waals surface area contributed by atoms with E-state index in [-0.39, 0.29) is 11.9 Å². The molecule has 17 heavy (non-hydrogen) atoms. The number of amides is 1. The normalized spacial score (nSPS) is 12.2. The van der Waals surface area contributed by atoms with Crippen molar-refractivity contribution in [1.82, 2.24) is 9.88 Å². The molecule has 2 N–H and O–H groups in total. The zero-order chi connectivity index (χ0) is 13.0. The van der Waals surface area contributed by atoms with Gasteiger partial charge >= 0.3 is 0 Å². The molecule has 1 amide bonds. The third-order valence-corrected chi connectivity index (χ3v) is 3.13. The van der Waals surface area contributed by atoms with Crippen LogP contribution >= 0.6 is 11.6 Å². The minimum atomic E-state index is -0.0963. The van der Waals surface area contributed by atoms with Gasteiger partial charge in [0, 0.05) is 18.8 Å². The molecule has 1 rings (SSSR count). The third kappa shape index (κ3) is 3.09. The largest absolute Gasteiger partial charge is 0.384 e. The van der Waals surface area contributed by atoms with E-state index in [4.69, 9.17) is 17.3 Å². The van der Waals surface area contributed by atoms with Gasteiger partial charge in [-0.25, -0.2) is 4.98 Å². The van der Waals surface area contributed by atoms with E-state index in [2.05, 4.69) is 4.98 Å². The van der Waals surface area contributed by atoms with Crippen LogP contribution in [0.5, 0.6) is 0 Å². The lowest BCUT2D eigenvalue weighted by Gasteiger charge is -2.27. The molecule has 0 aliphatic rings. The van der Waals surface area contributed by atoms with Crippen LogP contribution in [0.2, 0.25) is 5.02 Å². The Bertz CT molecular complexity index is 409. The van der Waals surface area contributed by atoms with E-state index < -0.39 is 0 Å². The van der Waals surface area contributed by atoms with Crippen molar-refractivity contribution in [2.75, 3.05) is 12.3 Å². The molecule has 94 valence electrons. The number of nitrogens with zero attached hydrogens (tertiary/aromatic N) is 2. The van der Waals surface area contributed by atoms with Crippen molar-refractivity contribution < 1.29 is 4.79 Å². The van der Waals surface area contributed by atoms with Crippen LogP contribution in [-0.4, -0.2) is 28.4 Å². The molecule has 1 aromatic heterocycles. The van der Waals surface area contributed by atoms with Crippen LogP contribution in [0.3, 0.4) is 0 Å². The maximum absolute atomic E-state index is 12.3. The van der Waals surface area contributed by atoms with Gasteiger partial charge in [0.1, 0.15) is 5.82 Å². The first-order valence-electron chi connectivity index (χ1n) is 5.73. The fourth-order valence-corrected chi connectivity index (χ4v) is 1.83. The minimum Gasteiger partial charge on any atom is -0.384 e. The number of anilines is 1. The molecule has 4 nitrogen and oxygen atoms in total. The first kappa shape index (κ1) is 13.8. The Labute approximate surface area is 107 Å². The lowest BCUT2D eigenvalue weighted by atomic mass is 10.1. The topological polar surface area (TPSA) is 59.2 Å². The van der Waals surface area contributed by atoms with E-state index in [9.17, 15) is 4.79 Å². The van der Waals surface area contributed by atoms with E-state index in [1.54, 1.807) is 4.90 Å². The van der Waals surface area contributed by atoms with Gasteiger partial charge < -0.3 is 10.6 Å². The average Bonchev–Trinajstić information content (AvgIpc) is 2.32. The summed E-state index contributed by atoms with van der Waals surface area (Å²) in [6.07, 6.45) is 2.31. The summed E-state index contributed by atoms with van der Waals surface area (Å²) in [4.78, 5) is 17.9. The van der Waals surface area contributed by atoms with Crippen LogP contribution in [0.25, 0.3) is 0 Å². The second-order valence-corrected chi connectivity index (χ2v) is 4.34. The summed E-state index contributed by atoms with van der Waals surface area (Å²) < 4.78 is 0. The summed E-state index contributed by atoms with van der Waals surface area (Å²) in [5.74, 6) is 0.207. The standard InChI is InChI=1S/C12H18ClN3O/c1-4-8(3)16(5-2)12(17)9-6-11(14)15-7-10(9)13/h6-8H,4-5H2,1-3H3,(H2,14,15). The fraction of sp³-hybridized carbons (Fsp3) is 0.500. The summed E-state index contributed by atoms with van der Waals surface area (Å²) in [5.41, 5.74) is 5.99. The van der Waals surface area contributed by atoms with Crippen LogP contribution in [0, 0.1) is 0 Å². The Kier molecular flexibility index (Phi) is 4.75. The van der Waals surface area contributed by atoms with E-state index in [1.807, 2.05) is 20.8 Å². The highest BCUT2D eigenvalue weighted by molar-refractivity contribution is 6.33. The first-order chi connectivity index (χ1) is 8.01. The number of nitrogen functional groups attached to an aromatic ring is 1. The molecular formula is C12H18ClN3O. The quantitative estimate of drug-likeness (QED) is 0.900. The van der Waals surface area contributed by atoms with Crippen LogP contribution in [0.4, 0.5) is 5.82 Å². The predicted molar refractivity (Wildman–Crippen MR) is 70.1 cm³/mol. The molecule has 0 radical (unpaired) electrons. The van der Waals surface area contributed by atoms with Crippen molar-refractivity contribution >= 4 is 23.3 Å². The van der Waals surface area contributed by atoms with Gasteiger partial charge in [0.15, 0.2) is 0 Å². The zero-order valence-electron chi connectivity index (χ0n) is 10.4. The van der Waals surface area contributed by atoms with Crippen molar-refractivity contribution in [2.24, 2.45) is 0 Å². The Morgan fingerprint density at radius 3 is 2.76 bits per heavy atom. The van der Waals surface area contributed by atoms with Crippen molar-refractivity contribution in [3.63, 3.8) is 0 Å². The monoisotopic (exact) mass is 255 g/mol. The number of halogens is 1. The second-order valence-electron chi connectivity index (χ2n) is 3.94. The van der Waals surface area contributed by atoms with Crippen LogP contribution < -0.4 is 5.73 Å². The molecule has 0 aliphatic carbocycles. The molecule has 1 atom stereocenters. The number of pyridine rings is 1. The molecule has 0 spiro atoms. The van der Waals surface area contributed by atoms with Crippen molar-refractivity contribution in [2.45, 2.75) is 33.2 Å². The Hall–Kier alpha value is -1.29.